The molecule has 3 aromatic rings. The normalized spacial score (nSPS) is 19.8. The lowest BCUT2D eigenvalue weighted by atomic mass is 9.87. The number of likely N-dealkylation sites (tertiary alicyclic amines) is 1. The van der Waals surface area contributed by atoms with Crippen molar-refractivity contribution in [2.75, 3.05) is 38.2 Å². The molecule has 1 saturated heterocycles. The minimum atomic E-state index is 0.169. The first-order chi connectivity index (χ1) is 13.7. The zero-order valence-corrected chi connectivity index (χ0v) is 16.3. The second-order valence-electron chi connectivity index (χ2n) is 7.64. The van der Waals surface area contributed by atoms with Crippen molar-refractivity contribution in [1.82, 2.24) is 15.1 Å². The molecule has 146 valence electrons. The number of aromatic amines is 1. The van der Waals surface area contributed by atoms with Crippen molar-refractivity contribution >= 4 is 5.69 Å². The number of H-pyrrole nitrogens is 1. The van der Waals surface area contributed by atoms with E-state index < -0.39 is 0 Å². The molecule has 1 aromatic heterocycles. The monoisotopic (exact) mass is 376 g/mol. The van der Waals surface area contributed by atoms with E-state index in [9.17, 15) is 0 Å². The van der Waals surface area contributed by atoms with Gasteiger partial charge in [0.05, 0.1) is 6.61 Å². The highest BCUT2D eigenvalue weighted by Gasteiger charge is 2.35. The number of aromatic nitrogens is 2. The minimum Gasteiger partial charge on any atom is -0.395 e. The van der Waals surface area contributed by atoms with E-state index in [0.29, 0.717) is 18.4 Å². The zero-order chi connectivity index (χ0) is 19.3. The highest BCUT2D eigenvalue weighted by Crippen LogP contribution is 2.39. The highest BCUT2D eigenvalue weighted by molar-refractivity contribution is 5.46. The third-order valence-corrected chi connectivity index (χ3v) is 5.76. The quantitative estimate of drug-likeness (QED) is 0.665. The fourth-order valence-electron chi connectivity index (χ4n) is 4.23. The molecule has 2 N–H and O–H groups in total. The Kier molecular flexibility index (Phi) is 5.74. The first-order valence-corrected chi connectivity index (χ1v) is 9.92. The number of nitrogens with one attached hydrogen (secondary N) is 1. The van der Waals surface area contributed by atoms with E-state index in [-0.39, 0.29) is 6.61 Å². The van der Waals surface area contributed by atoms with Crippen molar-refractivity contribution in [2.45, 2.75) is 18.4 Å². The van der Waals surface area contributed by atoms with E-state index in [2.05, 4.69) is 80.7 Å². The number of benzene rings is 2. The van der Waals surface area contributed by atoms with Gasteiger partial charge in [-0.15, -0.1) is 0 Å². The third kappa shape index (κ3) is 4.11. The Labute approximate surface area is 166 Å². The molecule has 0 radical (unpaired) electrons. The van der Waals surface area contributed by atoms with Gasteiger partial charge in [0.1, 0.15) is 0 Å². The smallest absolute Gasteiger partial charge is 0.0606 e. The van der Waals surface area contributed by atoms with Gasteiger partial charge >= 0.3 is 0 Å². The molecule has 2 aromatic carbocycles. The van der Waals surface area contributed by atoms with Crippen LogP contribution in [0, 0.1) is 0 Å². The van der Waals surface area contributed by atoms with Crippen LogP contribution in [0.2, 0.25) is 0 Å². The molecule has 0 bridgehead atoms. The number of anilines is 1. The highest BCUT2D eigenvalue weighted by atomic mass is 16.3. The van der Waals surface area contributed by atoms with Crippen LogP contribution < -0.4 is 4.90 Å². The Hall–Kier alpha value is -2.63. The summed E-state index contributed by atoms with van der Waals surface area (Å²) in [6.45, 7) is 3.82. The number of hydrogen-bond acceptors (Lipinski definition) is 4. The Morgan fingerprint density at radius 2 is 1.79 bits per heavy atom. The SMILES string of the molecule is CN(CCO)c1ccc(CN2C[C@@H](c3ccccc3)[C@H](c3ccn[nH]3)C2)cc1. The molecule has 0 amide bonds. The van der Waals surface area contributed by atoms with Crippen molar-refractivity contribution < 1.29 is 5.11 Å². The van der Waals surface area contributed by atoms with Crippen LogP contribution in [-0.4, -0.2) is 53.5 Å². The molecule has 5 nitrogen and oxygen atoms in total. The molecule has 0 aliphatic carbocycles. The van der Waals surface area contributed by atoms with Gasteiger partial charge in [-0.1, -0.05) is 42.5 Å². The Balaban J connectivity index is 1.48. The molecule has 5 heteroatoms. The van der Waals surface area contributed by atoms with Crippen molar-refractivity contribution in [3.63, 3.8) is 0 Å². The molecule has 1 aliphatic heterocycles. The van der Waals surface area contributed by atoms with E-state index in [1.165, 1.54) is 16.8 Å². The summed E-state index contributed by atoms with van der Waals surface area (Å²) in [5, 5.41) is 16.5. The molecule has 2 heterocycles. The van der Waals surface area contributed by atoms with Crippen LogP contribution >= 0.6 is 0 Å². The molecule has 4 rings (SSSR count). The van der Waals surface area contributed by atoms with E-state index in [1.807, 2.05) is 13.2 Å². The fourth-order valence-corrected chi connectivity index (χ4v) is 4.23. The lowest BCUT2D eigenvalue weighted by molar-refractivity contribution is 0.304. The van der Waals surface area contributed by atoms with Crippen molar-refractivity contribution in [3.05, 3.63) is 83.7 Å². The maximum Gasteiger partial charge on any atom is 0.0606 e. The van der Waals surface area contributed by atoms with E-state index in [4.69, 9.17) is 5.11 Å². The first kappa shape index (κ1) is 18.7. The molecule has 28 heavy (non-hydrogen) atoms. The van der Waals surface area contributed by atoms with Gasteiger partial charge in [-0.2, -0.15) is 5.10 Å². The maximum atomic E-state index is 9.11. The number of hydrogen-bond donors (Lipinski definition) is 2. The Morgan fingerprint density at radius 1 is 1.04 bits per heavy atom. The van der Waals surface area contributed by atoms with E-state index >= 15 is 0 Å². The van der Waals surface area contributed by atoms with Gasteiger partial charge in [-0.05, 0) is 29.3 Å². The summed E-state index contributed by atoms with van der Waals surface area (Å²) in [7, 11) is 2.01. The van der Waals surface area contributed by atoms with Crippen LogP contribution in [0.3, 0.4) is 0 Å². The zero-order valence-electron chi connectivity index (χ0n) is 16.3. The molecule has 1 fully saturated rings. The largest absolute Gasteiger partial charge is 0.395 e. The van der Waals surface area contributed by atoms with Crippen LogP contribution in [0.15, 0.2) is 66.9 Å². The average Bonchev–Trinajstić information content (AvgIpc) is 3.39. The van der Waals surface area contributed by atoms with Crippen molar-refractivity contribution in [3.8, 4) is 0 Å². The number of likely N-dealkylation sites (N-methyl/N-ethyl adjacent to an activating group) is 1. The summed E-state index contributed by atoms with van der Waals surface area (Å²) in [6, 6.07) is 21.6. The predicted octanol–water partition coefficient (Wildman–Crippen LogP) is 3.22. The van der Waals surface area contributed by atoms with Gasteiger partial charge in [0.25, 0.3) is 0 Å². The van der Waals surface area contributed by atoms with Crippen LogP contribution in [0.25, 0.3) is 0 Å². The summed E-state index contributed by atoms with van der Waals surface area (Å²) in [6.07, 6.45) is 1.85. The second kappa shape index (κ2) is 8.59. The lowest BCUT2D eigenvalue weighted by Crippen LogP contribution is -2.22. The molecular weight excluding hydrogens is 348 g/mol. The third-order valence-electron chi connectivity index (χ3n) is 5.76. The van der Waals surface area contributed by atoms with E-state index in [0.717, 1.165) is 25.3 Å². The summed E-state index contributed by atoms with van der Waals surface area (Å²) in [5.74, 6) is 0.900. The molecule has 0 spiro atoms. The number of nitrogens with zero attached hydrogens (tertiary/aromatic N) is 3. The first-order valence-electron chi connectivity index (χ1n) is 9.92. The van der Waals surface area contributed by atoms with Gasteiger partial charge in [0.15, 0.2) is 0 Å². The predicted molar refractivity (Wildman–Crippen MR) is 113 cm³/mol. The molecule has 0 unspecified atom stereocenters. The number of rotatable bonds is 7. The molecule has 0 saturated carbocycles. The fraction of sp³-hybridized carbons (Fsp3) is 0.348. The molecular formula is C23H28N4O. The van der Waals surface area contributed by atoms with Crippen LogP contribution in [0.4, 0.5) is 5.69 Å². The maximum absolute atomic E-state index is 9.11. The van der Waals surface area contributed by atoms with Crippen LogP contribution in [0.5, 0.6) is 0 Å². The van der Waals surface area contributed by atoms with Gasteiger partial charge < -0.3 is 10.0 Å². The second-order valence-corrected chi connectivity index (χ2v) is 7.64. The lowest BCUT2D eigenvalue weighted by Gasteiger charge is -2.19. The average molecular weight is 377 g/mol. The number of aliphatic hydroxyl groups excluding tert-OH is 1. The van der Waals surface area contributed by atoms with Gasteiger partial charge in [0, 0.05) is 62.6 Å². The standard InChI is InChI=1S/C23H28N4O/c1-26(13-14-28)20-9-7-18(8-10-20)15-27-16-21(19-5-3-2-4-6-19)22(17-27)23-11-12-24-25-23/h2-12,21-22,28H,13-17H2,1H3,(H,24,25)/t21-,22+/m0/s1. The topological polar surface area (TPSA) is 55.4 Å². The minimum absolute atomic E-state index is 0.169. The Bertz CT molecular complexity index is 848. The van der Waals surface area contributed by atoms with Gasteiger partial charge in [-0.25, -0.2) is 0 Å². The van der Waals surface area contributed by atoms with E-state index in [1.54, 1.807) is 0 Å². The van der Waals surface area contributed by atoms with Crippen molar-refractivity contribution in [2.24, 2.45) is 0 Å². The van der Waals surface area contributed by atoms with Crippen LogP contribution in [0.1, 0.15) is 28.7 Å². The van der Waals surface area contributed by atoms with Crippen LogP contribution in [-0.2, 0) is 6.54 Å². The summed E-state index contributed by atoms with van der Waals surface area (Å²) in [4.78, 5) is 4.61. The molecule has 1 aliphatic rings. The van der Waals surface area contributed by atoms with Gasteiger partial charge in [-0.3, -0.25) is 10.00 Å². The van der Waals surface area contributed by atoms with Gasteiger partial charge in [0.2, 0.25) is 0 Å². The summed E-state index contributed by atoms with van der Waals surface area (Å²) < 4.78 is 0. The summed E-state index contributed by atoms with van der Waals surface area (Å²) >= 11 is 0. The van der Waals surface area contributed by atoms with Crippen molar-refractivity contribution in [1.29, 1.82) is 0 Å². The number of aliphatic hydroxyl groups is 1. The Morgan fingerprint density at radius 3 is 2.46 bits per heavy atom. The summed E-state index contributed by atoms with van der Waals surface area (Å²) in [5.41, 5.74) is 5.07. The molecule has 2 atom stereocenters.